The first-order valence-electron chi connectivity index (χ1n) is 22.0. The molecule has 0 saturated carbocycles. The molecule has 0 aliphatic heterocycles. The summed E-state index contributed by atoms with van der Waals surface area (Å²) < 4.78 is 7.51. The minimum absolute atomic E-state index is 1.07. The fourth-order valence-corrected chi connectivity index (χ4v) is 12.6. The van der Waals surface area contributed by atoms with Crippen LogP contribution in [-0.2, 0) is 0 Å². The van der Waals surface area contributed by atoms with Crippen molar-refractivity contribution in [3.63, 3.8) is 0 Å². The smallest absolute Gasteiger partial charge is 0.0894 e. The van der Waals surface area contributed by atoms with E-state index >= 15 is 0 Å². The maximum absolute atomic E-state index is 5.09. The van der Waals surface area contributed by atoms with Crippen LogP contribution in [0.15, 0.2) is 213 Å². The maximum Gasteiger partial charge on any atom is 0.0894 e. The molecule has 0 N–H and O–H groups in total. The van der Waals surface area contributed by atoms with Crippen molar-refractivity contribution in [3.8, 4) is 50.2 Å². The van der Waals surface area contributed by atoms with Gasteiger partial charge < -0.3 is 4.57 Å². The van der Waals surface area contributed by atoms with Gasteiger partial charge >= 0.3 is 0 Å². The lowest BCUT2D eigenvalue weighted by Gasteiger charge is -2.16. The number of aromatic nitrogens is 3. The molecule has 5 aromatic heterocycles. The predicted molar refractivity (Wildman–Crippen MR) is 279 cm³/mol. The third kappa shape index (κ3) is 5.66. The molecule has 5 heterocycles. The molecule has 65 heavy (non-hydrogen) atoms. The van der Waals surface area contributed by atoms with E-state index in [1.165, 1.54) is 95.5 Å². The topological polar surface area (TPSA) is 30.7 Å². The average molecular weight is 862 g/mol. The second-order valence-corrected chi connectivity index (χ2v) is 19.0. The number of thiophene rings is 2. The Labute approximate surface area is 381 Å². The Morgan fingerprint density at radius 3 is 1.23 bits per heavy atom. The van der Waals surface area contributed by atoms with Crippen LogP contribution in [-0.4, -0.2) is 14.5 Å². The van der Waals surface area contributed by atoms with Crippen molar-refractivity contribution in [2.24, 2.45) is 0 Å². The Hall–Kier alpha value is -7.96. The number of hydrogen-bond donors (Lipinski definition) is 0. The van der Waals surface area contributed by atoms with Gasteiger partial charge in [0.1, 0.15) is 0 Å². The van der Waals surface area contributed by atoms with Gasteiger partial charge in [0.05, 0.1) is 31.5 Å². The van der Waals surface area contributed by atoms with Crippen LogP contribution < -0.4 is 0 Å². The molecule has 9 aromatic carbocycles. The lowest BCUT2D eigenvalue weighted by molar-refractivity contribution is 1.18. The zero-order valence-electron chi connectivity index (χ0n) is 34.9. The van der Waals surface area contributed by atoms with Crippen molar-refractivity contribution in [2.45, 2.75) is 0 Å². The van der Waals surface area contributed by atoms with Gasteiger partial charge in [-0.1, -0.05) is 140 Å². The van der Waals surface area contributed by atoms with E-state index in [1.54, 1.807) is 0 Å². The summed E-state index contributed by atoms with van der Waals surface area (Å²) in [5, 5.41) is 9.55. The van der Waals surface area contributed by atoms with Crippen molar-refractivity contribution in [2.75, 3.05) is 0 Å². The van der Waals surface area contributed by atoms with Gasteiger partial charge in [0.2, 0.25) is 0 Å². The fraction of sp³-hybridized carbons (Fsp3) is 0. The first-order chi connectivity index (χ1) is 32.2. The van der Waals surface area contributed by atoms with Crippen molar-refractivity contribution >= 4 is 107 Å². The molecule has 3 nitrogen and oxygen atoms in total. The van der Waals surface area contributed by atoms with E-state index in [-0.39, 0.29) is 0 Å². The molecule has 0 amide bonds. The highest BCUT2D eigenvalue weighted by Gasteiger charge is 2.24. The Morgan fingerprint density at radius 1 is 0.323 bits per heavy atom. The molecule has 14 rings (SSSR count). The van der Waals surface area contributed by atoms with Crippen LogP contribution in [0, 0.1) is 0 Å². The summed E-state index contributed by atoms with van der Waals surface area (Å²) in [6.07, 6.45) is 4.13. The second-order valence-electron chi connectivity index (χ2n) is 16.9. The summed E-state index contributed by atoms with van der Waals surface area (Å²) in [4.78, 5) is 10.2. The normalized spacial score (nSPS) is 12.0. The molecule has 5 heteroatoms. The van der Waals surface area contributed by atoms with Crippen LogP contribution in [0.4, 0.5) is 0 Å². The SMILES string of the molecule is c1ccc(-c2cc(-c3ccc4c(cnc5c6ccccc6sc45)c3)c3c(c2)c2cc(-c4ccccc4)cc(-c4ccc5c(cnc6c7ccccc7sc56)c4)c2n3-c2ccccc2)cc1. The second kappa shape index (κ2) is 14.3. The highest BCUT2D eigenvalue weighted by molar-refractivity contribution is 7.27. The Balaban J connectivity index is 1.10. The van der Waals surface area contributed by atoms with Crippen LogP contribution in [0.2, 0.25) is 0 Å². The zero-order chi connectivity index (χ0) is 42.6. The highest BCUT2D eigenvalue weighted by atomic mass is 32.1. The van der Waals surface area contributed by atoms with E-state index in [4.69, 9.17) is 9.97 Å². The number of benzene rings is 9. The summed E-state index contributed by atoms with van der Waals surface area (Å²) in [5.41, 5.74) is 14.9. The van der Waals surface area contributed by atoms with Gasteiger partial charge in [0.25, 0.3) is 0 Å². The Kier molecular flexibility index (Phi) is 8.02. The minimum Gasteiger partial charge on any atom is -0.308 e. The number of nitrogens with zero attached hydrogens (tertiary/aromatic N) is 3. The summed E-state index contributed by atoms with van der Waals surface area (Å²) in [6, 6.07) is 73.4. The van der Waals surface area contributed by atoms with Crippen molar-refractivity contribution in [3.05, 3.63) is 213 Å². The largest absolute Gasteiger partial charge is 0.308 e. The van der Waals surface area contributed by atoms with Gasteiger partial charge in [0, 0.05) is 81.7 Å². The Morgan fingerprint density at radius 2 is 0.754 bits per heavy atom. The Bertz CT molecular complexity index is 3970. The van der Waals surface area contributed by atoms with Crippen molar-refractivity contribution in [1.82, 2.24) is 14.5 Å². The molecule has 0 saturated heterocycles. The standard InChI is InChI=1S/C60H35N3S2/c1-4-14-36(15-5-1)40-30-49(38-24-26-45-42(28-38)34-61-55-47-20-10-12-22-53(47)64-59(45)55)57-51(32-40)52-33-41(37-16-6-2-7-17-37)31-50(58(52)63(57)44-18-8-3-9-19-44)39-25-27-46-43(29-39)35-62-56-48-21-11-13-23-54(48)65-60(46)56/h1-35H. The molecule has 302 valence electrons. The molecular weight excluding hydrogens is 827 g/mol. The lowest BCUT2D eigenvalue weighted by Crippen LogP contribution is -1.98. The van der Waals surface area contributed by atoms with E-state index < -0.39 is 0 Å². The average Bonchev–Trinajstić information content (AvgIpc) is 4.06. The van der Waals surface area contributed by atoms with Crippen molar-refractivity contribution in [1.29, 1.82) is 0 Å². The number of hydrogen-bond acceptors (Lipinski definition) is 4. The van der Waals surface area contributed by atoms with E-state index in [0.717, 1.165) is 38.6 Å². The minimum atomic E-state index is 1.07. The summed E-state index contributed by atoms with van der Waals surface area (Å²) in [6.45, 7) is 0. The van der Waals surface area contributed by atoms with Crippen LogP contribution in [0.25, 0.3) is 134 Å². The van der Waals surface area contributed by atoms with Gasteiger partial charge in [-0.05, 0) is 94.0 Å². The number of fused-ring (bicyclic) bond motifs is 13. The van der Waals surface area contributed by atoms with Gasteiger partial charge in [-0.3, -0.25) is 9.97 Å². The molecule has 0 bridgehead atoms. The summed E-state index contributed by atoms with van der Waals surface area (Å²) >= 11 is 3.66. The van der Waals surface area contributed by atoms with Crippen molar-refractivity contribution < 1.29 is 0 Å². The summed E-state index contributed by atoms with van der Waals surface area (Å²) in [5.74, 6) is 0. The molecule has 14 aromatic rings. The molecule has 0 spiro atoms. The number of para-hydroxylation sites is 1. The van der Waals surface area contributed by atoms with E-state index in [0.29, 0.717) is 0 Å². The van der Waals surface area contributed by atoms with Gasteiger partial charge in [-0.15, -0.1) is 22.7 Å². The maximum atomic E-state index is 5.09. The zero-order valence-corrected chi connectivity index (χ0v) is 36.5. The van der Waals surface area contributed by atoms with Gasteiger partial charge in [-0.2, -0.15) is 0 Å². The van der Waals surface area contributed by atoms with Crippen LogP contribution in [0.5, 0.6) is 0 Å². The molecule has 0 atom stereocenters. The van der Waals surface area contributed by atoms with E-state index in [9.17, 15) is 0 Å². The molecular formula is C60H35N3S2. The molecule has 0 aliphatic rings. The number of pyridine rings is 2. The van der Waals surface area contributed by atoms with Crippen LogP contribution in [0.1, 0.15) is 0 Å². The third-order valence-corrected chi connectivity index (χ3v) is 15.6. The first-order valence-corrected chi connectivity index (χ1v) is 23.6. The predicted octanol–water partition coefficient (Wildman–Crippen LogP) is 17.3. The van der Waals surface area contributed by atoms with E-state index in [2.05, 4.69) is 217 Å². The summed E-state index contributed by atoms with van der Waals surface area (Å²) in [7, 11) is 0. The number of rotatable bonds is 5. The molecule has 0 fully saturated rings. The fourth-order valence-electron chi connectivity index (χ4n) is 10.2. The third-order valence-electron chi connectivity index (χ3n) is 13.2. The first kappa shape index (κ1) is 36.5. The van der Waals surface area contributed by atoms with E-state index in [1.807, 2.05) is 22.7 Å². The monoisotopic (exact) mass is 861 g/mol. The molecule has 0 unspecified atom stereocenters. The lowest BCUT2D eigenvalue weighted by atomic mass is 9.92. The molecule has 0 radical (unpaired) electrons. The van der Waals surface area contributed by atoms with Crippen LogP contribution >= 0.6 is 22.7 Å². The van der Waals surface area contributed by atoms with Crippen LogP contribution in [0.3, 0.4) is 0 Å². The highest BCUT2D eigenvalue weighted by Crippen LogP contribution is 2.48. The molecule has 0 aliphatic carbocycles. The van der Waals surface area contributed by atoms with Gasteiger partial charge in [-0.25, -0.2) is 0 Å². The quantitative estimate of drug-likeness (QED) is 0.173. The van der Waals surface area contributed by atoms with Gasteiger partial charge in [0.15, 0.2) is 0 Å².